The summed E-state index contributed by atoms with van der Waals surface area (Å²) in [6.07, 6.45) is 2.07. The average Bonchev–Trinajstić information content (AvgIpc) is 3.44. The number of thiophene rings is 1. The molecule has 9 heteroatoms. The smallest absolute Gasteiger partial charge is 0.253 e. The molecule has 1 aliphatic rings. The number of nitrogens with one attached hydrogen (secondary N) is 1. The van der Waals surface area contributed by atoms with Crippen LogP contribution >= 0.6 is 22.7 Å². The highest BCUT2D eigenvalue weighted by molar-refractivity contribution is 7.91. The molecule has 1 amide bonds. The predicted octanol–water partition coefficient (Wildman–Crippen LogP) is 4.69. The van der Waals surface area contributed by atoms with E-state index in [0.717, 1.165) is 33.8 Å². The first-order valence-electron chi connectivity index (χ1n) is 9.68. The van der Waals surface area contributed by atoms with Gasteiger partial charge in [-0.05, 0) is 35.7 Å². The molecule has 4 aromatic rings. The zero-order chi connectivity index (χ0) is 20.7. The van der Waals surface area contributed by atoms with E-state index in [9.17, 15) is 13.2 Å². The van der Waals surface area contributed by atoms with Crippen molar-refractivity contribution in [2.45, 2.75) is 29.5 Å². The van der Waals surface area contributed by atoms with Crippen molar-refractivity contribution in [2.75, 3.05) is 11.9 Å². The van der Waals surface area contributed by atoms with Gasteiger partial charge in [0.2, 0.25) is 5.91 Å². The number of hydrogen-bond acceptors (Lipinski definition) is 6. The van der Waals surface area contributed by atoms with Crippen LogP contribution in [0, 0.1) is 0 Å². The van der Waals surface area contributed by atoms with Crippen LogP contribution in [0.2, 0.25) is 0 Å². The average molecular weight is 458 g/mol. The zero-order valence-electron chi connectivity index (χ0n) is 15.9. The van der Waals surface area contributed by atoms with E-state index in [1.54, 1.807) is 17.5 Å². The number of amides is 1. The molecular formula is C21H19N3O3S3. The molecule has 154 valence electrons. The van der Waals surface area contributed by atoms with Crippen LogP contribution in [-0.2, 0) is 14.8 Å². The second-order valence-electron chi connectivity index (χ2n) is 7.20. The molecule has 2 aromatic carbocycles. The number of hydrogen-bond donors (Lipinski definition) is 1. The number of benzene rings is 2. The van der Waals surface area contributed by atoms with E-state index < -0.39 is 16.1 Å². The summed E-state index contributed by atoms with van der Waals surface area (Å²) < 4.78 is 28.7. The molecule has 0 bridgehead atoms. The van der Waals surface area contributed by atoms with Crippen molar-refractivity contribution in [1.82, 2.24) is 9.29 Å². The van der Waals surface area contributed by atoms with E-state index in [4.69, 9.17) is 0 Å². The summed E-state index contributed by atoms with van der Waals surface area (Å²) in [5, 5.41) is 7.23. The van der Waals surface area contributed by atoms with Crippen molar-refractivity contribution in [3.8, 4) is 0 Å². The van der Waals surface area contributed by atoms with Crippen LogP contribution in [0.5, 0.6) is 0 Å². The quantitative estimate of drug-likeness (QED) is 0.482. The summed E-state index contributed by atoms with van der Waals surface area (Å²) in [5.74, 6) is -0.321. The molecule has 3 heterocycles. The lowest BCUT2D eigenvalue weighted by molar-refractivity contribution is -0.120. The molecule has 6 nitrogen and oxygen atoms in total. The van der Waals surface area contributed by atoms with Crippen LogP contribution in [0.15, 0.2) is 58.1 Å². The molecule has 0 spiro atoms. The van der Waals surface area contributed by atoms with Gasteiger partial charge in [0.25, 0.3) is 10.0 Å². The van der Waals surface area contributed by atoms with Gasteiger partial charge in [-0.1, -0.05) is 54.2 Å². The third-order valence-electron chi connectivity index (χ3n) is 5.33. The van der Waals surface area contributed by atoms with Crippen LogP contribution in [-0.4, -0.2) is 36.2 Å². The maximum atomic E-state index is 13.1. The fraction of sp³-hybridized carbons (Fsp3) is 0.238. The molecule has 2 aromatic heterocycles. The molecule has 5 rings (SSSR count). The van der Waals surface area contributed by atoms with Crippen LogP contribution in [0.3, 0.4) is 0 Å². The summed E-state index contributed by atoms with van der Waals surface area (Å²) in [7, 11) is -3.68. The predicted molar refractivity (Wildman–Crippen MR) is 122 cm³/mol. The Balaban J connectivity index is 1.44. The lowest BCUT2D eigenvalue weighted by Crippen LogP contribution is -2.49. The Morgan fingerprint density at radius 3 is 2.80 bits per heavy atom. The van der Waals surface area contributed by atoms with Gasteiger partial charge in [0, 0.05) is 11.9 Å². The number of piperidine rings is 1. The van der Waals surface area contributed by atoms with Crippen molar-refractivity contribution in [3.63, 3.8) is 0 Å². The Bertz CT molecular complexity index is 1330. The number of thiazole rings is 1. The molecule has 30 heavy (non-hydrogen) atoms. The van der Waals surface area contributed by atoms with Gasteiger partial charge < -0.3 is 5.32 Å². The molecule has 1 aliphatic heterocycles. The molecule has 0 saturated carbocycles. The van der Waals surface area contributed by atoms with Crippen molar-refractivity contribution < 1.29 is 13.2 Å². The second-order valence-corrected chi connectivity index (χ2v) is 11.3. The molecule has 1 saturated heterocycles. The van der Waals surface area contributed by atoms with Crippen LogP contribution in [0.4, 0.5) is 5.13 Å². The van der Waals surface area contributed by atoms with Gasteiger partial charge in [-0.2, -0.15) is 4.31 Å². The van der Waals surface area contributed by atoms with E-state index in [2.05, 4.69) is 10.3 Å². The van der Waals surface area contributed by atoms with E-state index in [-0.39, 0.29) is 10.1 Å². The minimum absolute atomic E-state index is 0.272. The standard InChI is InChI=1S/C21H19N3O3S3/c25-20(16-8-3-4-12-24(16)30(26,27)18-9-5-13-28-18)23-21-22-19-15-7-2-1-6-14(15)10-11-17(19)29-21/h1-2,5-7,9-11,13,16H,3-4,8,12H2,(H,22,23,25). The topological polar surface area (TPSA) is 79.4 Å². The zero-order valence-corrected chi connectivity index (χ0v) is 18.4. The van der Waals surface area contributed by atoms with Crippen molar-refractivity contribution >= 4 is 64.7 Å². The maximum Gasteiger partial charge on any atom is 0.253 e. The fourth-order valence-electron chi connectivity index (χ4n) is 3.88. The normalized spacial score (nSPS) is 18.1. The van der Waals surface area contributed by atoms with E-state index >= 15 is 0 Å². The number of rotatable bonds is 4. The summed E-state index contributed by atoms with van der Waals surface area (Å²) in [6, 6.07) is 14.6. The lowest BCUT2D eigenvalue weighted by atomic mass is 10.0. The Morgan fingerprint density at radius 2 is 1.97 bits per heavy atom. The van der Waals surface area contributed by atoms with Gasteiger partial charge >= 0.3 is 0 Å². The summed E-state index contributed by atoms with van der Waals surface area (Å²) in [6.45, 7) is 0.350. The Labute approximate surface area is 182 Å². The minimum atomic E-state index is -3.68. The van der Waals surface area contributed by atoms with E-state index in [0.29, 0.717) is 18.1 Å². The van der Waals surface area contributed by atoms with Crippen molar-refractivity contribution in [2.24, 2.45) is 0 Å². The lowest BCUT2D eigenvalue weighted by Gasteiger charge is -2.32. The van der Waals surface area contributed by atoms with Gasteiger partial charge in [-0.25, -0.2) is 13.4 Å². The van der Waals surface area contributed by atoms with Gasteiger partial charge in [0.05, 0.1) is 10.2 Å². The first kappa shape index (κ1) is 19.6. The number of carbonyl (C=O) groups is 1. The minimum Gasteiger partial charge on any atom is -0.301 e. The fourth-order valence-corrected chi connectivity index (χ4v) is 7.55. The molecule has 0 radical (unpaired) electrons. The van der Waals surface area contributed by atoms with E-state index in [1.165, 1.54) is 27.0 Å². The van der Waals surface area contributed by atoms with Gasteiger partial charge in [-0.15, -0.1) is 11.3 Å². The van der Waals surface area contributed by atoms with Gasteiger partial charge in [-0.3, -0.25) is 4.79 Å². The molecule has 1 atom stereocenters. The van der Waals surface area contributed by atoms with Crippen LogP contribution in [0.25, 0.3) is 21.0 Å². The van der Waals surface area contributed by atoms with E-state index in [1.807, 2.05) is 36.4 Å². The molecule has 1 fully saturated rings. The van der Waals surface area contributed by atoms with Crippen LogP contribution in [0.1, 0.15) is 19.3 Å². The molecular weight excluding hydrogens is 438 g/mol. The molecule has 0 aliphatic carbocycles. The summed E-state index contributed by atoms with van der Waals surface area (Å²) in [5.41, 5.74) is 0.847. The van der Waals surface area contributed by atoms with Gasteiger partial charge in [0.15, 0.2) is 5.13 Å². The Kier molecular flexibility index (Phi) is 5.06. The first-order valence-corrected chi connectivity index (χ1v) is 12.8. The second kappa shape index (κ2) is 7.73. The highest BCUT2D eigenvalue weighted by Crippen LogP contribution is 2.33. The highest BCUT2D eigenvalue weighted by atomic mass is 32.2. The maximum absolute atomic E-state index is 13.1. The Hall–Kier alpha value is -2.33. The molecule has 1 unspecified atom stereocenters. The third kappa shape index (κ3) is 3.41. The summed E-state index contributed by atoms with van der Waals surface area (Å²) >= 11 is 2.58. The largest absolute Gasteiger partial charge is 0.301 e. The van der Waals surface area contributed by atoms with Crippen LogP contribution < -0.4 is 5.32 Å². The number of carbonyl (C=O) groups excluding carboxylic acids is 1. The number of nitrogens with zero attached hydrogens (tertiary/aromatic N) is 2. The van der Waals surface area contributed by atoms with Gasteiger partial charge in [0.1, 0.15) is 10.3 Å². The molecule has 1 N–H and O–H groups in total. The van der Waals surface area contributed by atoms with Crippen molar-refractivity contribution in [1.29, 1.82) is 0 Å². The summed E-state index contributed by atoms with van der Waals surface area (Å²) in [4.78, 5) is 17.7. The van der Waals surface area contributed by atoms with Crippen molar-refractivity contribution in [3.05, 3.63) is 53.9 Å². The highest BCUT2D eigenvalue weighted by Gasteiger charge is 2.38. The Morgan fingerprint density at radius 1 is 1.10 bits per heavy atom. The number of aromatic nitrogens is 1. The monoisotopic (exact) mass is 457 g/mol. The number of sulfonamides is 1. The first-order chi connectivity index (χ1) is 14.5. The SMILES string of the molecule is O=C(Nc1nc2c(ccc3ccccc32)s1)C1CCCCN1S(=O)(=O)c1cccs1. The third-order valence-corrected chi connectivity index (χ3v) is 9.55. The number of anilines is 1. The number of fused-ring (bicyclic) bond motifs is 3.